The first-order chi connectivity index (χ1) is 8.04. The number of aryl methyl sites for hydroxylation is 1. The minimum Gasteiger partial charge on any atom is -0.477 e. The van der Waals surface area contributed by atoms with Crippen LogP contribution in [0.4, 0.5) is 5.69 Å². The molecule has 0 amide bonds. The molecule has 0 aliphatic rings. The van der Waals surface area contributed by atoms with Crippen LogP contribution in [0.1, 0.15) is 12.5 Å². The maximum absolute atomic E-state index is 11.1. The molecule has 0 unspecified atom stereocenters. The lowest BCUT2D eigenvalue weighted by Crippen LogP contribution is -2.17. The van der Waals surface area contributed by atoms with Crippen LogP contribution in [0.5, 0.6) is 0 Å². The summed E-state index contributed by atoms with van der Waals surface area (Å²) >= 11 is 0. The van der Waals surface area contributed by atoms with Crippen LogP contribution in [-0.4, -0.2) is 17.0 Å². The summed E-state index contributed by atoms with van der Waals surface area (Å²) in [7, 11) is 0. The number of carboxylic acids is 1. The van der Waals surface area contributed by atoms with Crippen molar-refractivity contribution in [2.24, 2.45) is 0 Å². The molecule has 0 atom stereocenters. The Morgan fingerprint density at radius 1 is 1.47 bits per heavy atom. The molecule has 0 aromatic heterocycles. The van der Waals surface area contributed by atoms with Crippen LogP contribution in [0.2, 0.25) is 0 Å². The first kappa shape index (κ1) is 12.8. The Balaban J connectivity index is 2.58. The largest absolute Gasteiger partial charge is 0.477 e. The predicted octanol–water partition coefficient (Wildman–Crippen LogP) is 1.76. The van der Waals surface area contributed by atoms with Gasteiger partial charge in [0, 0.05) is 0 Å². The van der Waals surface area contributed by atoms with Gasteiger partial charge in [0.2, 0.25) is 0 Å². The molecule has 0 heterocycles. The fourth-order valence-corrected chi connectivity index (χ4v) is 1.11. The molecule has 0 aliphatic heterocycles. The van der Waals surface area contributed by atoms with E-state index in [4.69, 9.17) is 5.11 Å². The topological polar surface area (TPSA) is 75.6 Å². The van der Waals surface area contributed by atoms with Crippen molar-refractivity contribution in [3.05, 3.63) is 42.0 Å². The maximum Gasteiger partial charge on any atom is 0.369 e. The maximum atomic E-state index is 11.1. The minimum atomic E-state index is -1.40. The number of hydrogen-bond acceptors (Lipinski definition) is 4. The van der Waals surface area contributed by atoms with Crippen LogP contribution in [-0.2, 0) is 20.8 Å². The molecule has 0 aliphatic carbocycles. The van der Waals surface area contributed by atoms with Crippen molar-refractivity contribution in [2.45, 2.75) is 13.3 Å². The number of aliphatic carboxylic acids is 1. The Morgan fingerprint density at radius 3 is 2.76 bits per heavy atom. The number of carboxylic acid groups (broad SMARTS) is 1. The van der Waals surface area contributed by atoms with Crippen molar-refractivity contribution in [2.75, 3.05) is 5.48 Å². The summed E-state index contributed by atoms with van der Waals surface area (Å²) in [6.45, 7) is 5.08. The second kappa shape index (κ2) is 5.69. The van der Waals surface area contributed by atoms with Gasteiger partial charge < -0.3 is 9.94 Å². The van der Waals surface area contributed by atoms with Gasteiger partial charge in [-0.2, -0.15) is 0 Å². The van der Waals surface area contributed by atoms with Crippen LogP contribution >= 0.6 is 0 Å². The molecule has 5 heteroatoms. The highest BCUT2D eigenvalue weighted by molar-refractivity contribution is 6.12. The summed E-state index contributed by atoms with van der Waals surface area (Å²) in [5, 5.41) is 8.50. The summed E-state index contributed by atoms with van der Waals surface area (Å²) < 4.78 is 0. The highest BCUT2D eigenvalue weighted by Gasteiger charge is 2.16. The second-order valence-electron chi connectivity index (χ2n) is 3.33. The van der Waals surface area contributed by atoms with Gasteiger partial charge in [0.1, 0.15) is 5.57 Å². The smallest absolute Gasteiger partial charge is 0.369 e. The van der Waals surface area contributed by atoms with E-state index in [0.717, 1.165) is 12.0 Å². The van der Waals surface area contributed by atoms with E-state index in [1.54, 1.807) is 18.2 Å². The van der Waals surface area contributed by atoms with Crippen LogP contribution in [0.15, 0.2) is 36.4 Å². The Bertz CT molecular complexity index is 454. The van der Waals surface area contributed by atoms with E-state index in [1.165, 1.54) is 0 Å². The molecule has 5 nitrogen and oxygen atoms in total. The third kappa shape index (κ3) is 3.64. The van der Waals surface area contributed by atoms with E-state index in [1.807, 2.05) is 13.0 Å². The number of nitrogens with one attached hydrogen (secondary N) is 1. The molecule has 0 saturated carbocycles. The van der Waals surface area contributed by atoms with Gasteiger partial charge in [-0.05, 0) is 24.1 Å². The molecule has 0 bridgehead atoms. The monoisotopic (exact) mass is 235 g/mol. The highest BCUT2D eigenvalue weighted by Crippen LogP contribution is 2.11. The van der Waals surface area contributed by atoms with Gasteiger partial charge >= 0.3 is 11.9 Å². The van der Waals surface area contributed by atoms with Crippen molar-refractivity contribution in [1.29, 1.82) is 0 Å². The van der Waals surface area contributed by atoms with Gasteiger partial charge in [0.05, 0.1) is 5.69 Å². The number of rotatable bonds is 5. The summed E-state index contributed by atoms with van der Waals surface area (Å²) in [5.41, 5.74) is 3.41. The van der Waals surface area contributed by atoms with Gasteiger partial charge in [-0.15, -0.1) is 0 Å². The van der Waals surface area contributed by atoms with Crippen molar-refractivity contribution < 1.29 is 19.5 Å². The Kier molecular flexibility index (Phi) is 4.28. The number of hydrogen-bond donors (Lipinski definition) is 2. The normalized spacial score (nSPS) is 9.47. The van der Waals surface area contributed by atoms with Crippen molar-refractivity contribution >= 4 is 17.6 Å². The summed E-state index contributed by atoms with van der Waals surface area (Å²) in [4.78, 5) is 26.2. The first-order valence-corrected chi connectivity index (χ1v) is 5.03. The third-order valence-electron chi connectivity index (χ3n) is 2.10. The zero-order chi connectivity index (χ0) is 12.8. The molecular weight excluding hydrogens is 222 g/mol. The average Bonchev–Trinajstić information content (AvgIpc) is 2.35. The number of anilines is 1. The van der Waals surface area contributed by atoms with E-state index in [0.29, 0.717) is 5.69 Å². The van der Waals surface area contributed by atoms with Gasteiger partial charge in [-0.3, -0.25) is 0 Å². The number of carbonyl (C=O) groups excluding carboxylic acids is 1. The van der Waals surface area contributed by atoms with Crippen molar-refractivity contribution in [3.8, 4) is 0 Å². The van der Waals surface area contributed by atoms with Gasteiger partial charge in [-0.1, -0.05) is 25.6 Å². The molecule has 0 saturated heterocycles. The molecule has 0 fully saturated rings. The fraction of sp³-hybridized carbons (Fsp3) is 0.167. The van der Waals surface area contributed by atoms with E-state index in [-0.39, 0.29) is 0 Å². The predicted molar refractivity (Wildman–Crippen MR) is 62.3 cm³/mol. The summed E-state index contributed by atoms with van der Waals surface area (Å²) in [6, 6.07) is 7.25. The van der Waals surface area contributed by atoms with E-state index in [2.05, 4.69) is 16.9 Å². The molecule has 17 heavy (non-hydrogen) atoms. The SMILES string of the molecule is C=C(C(=O)O)C(=O)ONc1cccc(CC)c1. The van der Waals surface area contributed by atoms with E-state index >= 15 is 0 Å². The van der Waals surface area contributed by atoms with Crippen LogP contribution in [0.25, 0.3) is 0 Å². The number of benzene rings is 1. The van der Waals surface area contributed by atoms with Crippen LogP contribution < -0.4 is 5.48 Å². The van der Waals surface area contributed by atoms with Gasteiger partial charge in [0.25, 0.3) is 0 Å². The summed E-state index contributed by atoms with van der Waals surface area (Å²) in [6.07, 6.45) is 0.852. The first-order valence-electron chi connectivity index (χ1n) is 5.03. The highest BCUT2D eigenvalue weighted by atomic mass is 16.7. The minimum absolute atomic E-state index is 0.580. The molecule has 1 aromatic rings. The van der Waals surface area contributed by atoms with Gasteiger partial charge in [-0.25, -0.2) is 15.1 Å². The van der Waals surface area contributed by atoms with E-state index in [9.17, 15) is 9.59 Å². The van der Waals surface area contributed by atoms with Crippen LogP contribution in [0, 0.1) is 0 Å². The molecular formula is C12H13NO4. The van der Waals surface area contributed by atoms with Crippen molar-refractivity contribution in [3.63, 3.8) is 0 Å². The lowest BCUT2D eigenvalue weighted by Gasteiger charge is -2.07. The van der Waals surface area contributed by atoms with Crippen LogP contribution in [0.3, 0.4) is 0 Å². The Labute approximate surface area is 98.7 Å². The van der Waals surface area contributed by atoms with Crippen molar-refractivity contribution in [1.82, 2.24) is 0 Å². The zero-order valence-corrected chi connectivity index (χ0v) is 9.40. The molecule has 2 N–H and O–H groups in total. The summed E-state index contributed by atoms with van der Waals surface area (Å²) in [5.74, 6) is -2.42. The molecule has 0 radical (unpaired) electrons. The lowest BCUT2D eigenvalue weighted by atomic mass is 10.1. The quantitative estimate of drug-likeness (QED) is 0.352. The Morgan fingerprint density at radius 2 is 2.18 bits per heavy atom. The molecule has 0 spiro atoms. The fourth-order valence-electron chi connectivity index (χ4n) is 1.11. The third-order valence-corrected chi connectivity index (χ3v) is 2.10. The molecule has 90 valence electrons. The second-order valence-corrected chi connectivity index (χ2v) is 3.33. The zero-order valence-electron chi connectivity index (χ0n) is 9.40. The molecule has 1 aromatic carbocycles. The standard InChI is InChI=1S/C12H13NO4/c1-3-9-5-4-6-10(7-9)13-17-12(16)8(2)11(14)15/h4-7,13H,2-3H2,1H3,(H,14,15). The number of carbonyl (C=O) groups is 2. The van der Waals surface area contributed by atoms with Gasteiger partial charge in [0.15, 0.2) is 0 Å². The lowest BCUT2D eigenvalue weighted by molar-refractivity contribution is -0.142. The molecule has 1 rings (SSSR count). The van der Waals surface area contributed by atoms with E-state index < -0.39 is 17.5 Å². The Hall–Kier alpha value is -2.30. The average molecular weight is 235 g/mol.